The van der Waals surface area contributed by atoms with Gasteiger partial charge in [-0.15, -0.1) is 0 Å². The number of halogens is 3. The van der Waals surface area contributed by atoms with E-state index in [0.717, 1.165) is 5.56 Å². The van der Waals surface area contributed by atoms with Gasteiger partial charge in [0, 0.05) is 23.6 Å². The van der Waals surface area contributed by atoms with Crippen LogP contribution in [0.5, 0.6) is 11.5 Å². The molecule has 182 valence electrons. The van der Waals surface area contributed by atoms with E-state index in [1.54, 1.807) is 24.3 Å². The minimum Gasteiger partial charge on any atom is -0.493 e. The zero-order chi connectivity index (χ0) is 25.2. The third-order valence-electron chi connectivity index (χ3n) is 4.74. The molecule has 0 aliphatic carbocycles. The minimum absolute atomic E-state index is 0.0284. The van der Waals surface area contributed by atoms with Gasteiger partial charge in [-0.1, -0.05) is 41.9 Å². The predicted octanol–water partition coefficient (Wildman–Crippen LogP) is 5.10. The summed E-state index contributed by atoms with van der Waals surface area (Å²) < 4.78 is 25.6. The molecule has 0 atom stereocenters. The summed E-state index contributed by atoms with van der Waals surface area (Å²) in [6, 6.07) is 16.5. The lowest BCUT2D eigenvalue weighted by Crippen LogP contribution is -2.29. The second kappa shape index (κ2) is 12.9. The Balaban J connectivity index is 1.52. The van der Waals surface area contributed by atoms with Crippen LogP contribution in [0.15, 0.2) is 70.2 Å². The quantitative estimate of drug-likeness (QED) is 0.266. The molecule has 0 aromatic heterocycles. The molecule has 0 saturated carbocycles. The topological polar surface area (TPSA) is 89.0 Å². The van der Waals surface area contributed by atoms with Crippen LogP contribution in [-0.2, 0) is 11.4 Å². The molecule has 0 spiro atoms. The van der Waals surface area contributed by atoms with Crippen LogP contribution in [0.1, 0.15) is 27.9 Å². The Hall–Kier alpha value is -3.43. The van der Waals surface area contributed by atoms with Gasteiger partial charge in [0.1, 0.15) is 12.4 Å². The summed E-state index contributed by atoms with van der Waals surface area (Å²) in [6.45, 7) is 0.289. The fourth-order valence-corrected chi connectivity index (χ4v) is 3.75. The first-order chi connectivity index (χ1) is 16.9. The predicted molar refractivity (Wildman–Crippen MR) is 136 cm³/mol. The molecule has 0 aliphatic heterocycles. The highest BCUT2D eigenvalue weighted by Crippen LogP contribution is 2.37. The fraction of sp³-hybridized carbons (Fsp3) is 0.160. The van der Waals surface area contributed by atoms with Gasteiger partial charge in [0.2, 0.25) is 5.91 Å². The molecule has 0 saturated heterocycles. The van der Waals surface area contributed by atoms with Crippen molar-refractivity contribution in [3.63, 3.8) is 0 Å². The molecule has 0 heterocycles. The fourth-order valence-electron chi connectivity index (χ4n) is 2.98. The Bertz CT molecular complexity index is 1240. The highest BCUT2D eigenvalue weighted by Gasteiger charge is 2.13. The molecule has 0 radical (unpaired) electrons. The summed E-state index contributed by atoms with van der Waals surface area (Å²) in [5, 5.41) is 7.03. The van der Waals surface area contributed by atoms with E-state index >= 15 is 0 Å². The molecule has 0 bridgehead atoms. The van der Waals surface area contributed by atoms with Crippen LogP contribution in [0.3, 0.4) is 0 Å². The van der Waals surface area contributed by atoms with Crippen LogP contribution in [-0.4, -0.2) is 31.7 Å². The first kappa shape index (κ1) is 26.2. The molecule has 10 heteroatoms. The normalized spacial score (nSPS) is 10.7. The average molecular weight is 563 g/mol. The van der Waals surface area contributed by atoms with Gasteiger partial charge in [-0.25, -0.2) is 9.82 Å². The number of carbonyl (C=O) groups is 2. The van der Waals surface area contributed by atoms with Crippen molar-refractivity contribution in [2.45, 2.75) is 13.0 Å². The Morgan fingerprint density at radius 3 is 2.63 bits per heavy atom. The average Bonchev–Trinajstić information content (AvgIpc) is 2.84. The maximum Gasteiger partial charge on any atom is 0.254 e. The van der Waals surface area contributed by atoms with Gasteiger partial charge >= 0.3 is 0 Å². The van der Waals surface area contributed by atoms with Crippen molar-refractivity contribution in [1.82, 2.24) is 10.7 Å². The summed E-state index contributed by atoms with van der Waals surface area (Å²) >= 11 is 9.65. The first-order valence-electron chi connectivity index (χ1n) is 10.5. The SMILES string of the molecule is COc1cc(C=NNC(=O)CCNC(=O)c2ccccc2F)cc(Br)c1OCc1ccccc1Cl. The molecule has 0 unspecified atom stereocenters. The minimum atomic E-state index is -0.624. The van der Waals surface area contributed by atoms with Gasteiger partial charge in [0.05, 0.1) is 23.4 Å². The van der Waals surface area contributed by atoms with E-state index in [-0.39, 0.29) is 25.1 Å². The van der Waals surface area contributed by atoms with E-state index in [0.29, 0.717) is 26.6 Å². The highest BCUT2D eigenvalue weighted by molar-refractivity contribution is 9.10. The molecule has 2 N–H and O–H groups in total. The van der Waals surface area contributed by atoms with Crippen molar-refractivity contribution < 1.29 is 23.5 Å². The Kier molecular flexibility index (Phi) is 9.63. The summed E-state index contributed by atoms with van der Waals surface area (Å²) in [5.74, 6) is -0.663. The maximum atomic E-state index is 13.6. The number of methoxy groups -OCH3 is 1. The van der Waals surface area contributed by atoms with Gasteiger partial charge in [-0.3, -0.25) is 9.59 Å². The monoisotopic (exact) mass is 561 g/mol. The maximum absolute atomic E-state index is 13.6. The highest BCUT2D eigenvalue weighted by atomic mass is 79.9. The number of nitrogens with zero attached hydrogens (tertiary/aromatic N) is 1. The zero-order valence-corrected chi connectivity index (χ0v) is 21.0. The Labute approximate surface area is 215 Å². The van der Waals surface area contributed by atoms with Crippen molar-refractivity contribution in [3.8, 4) is 11.5 Å². The molecule has 3 rings (SSSR count). The molecule has 2 amide bonds. The van der Waals surface area contributed by atoms with Crippen LogP contribution < -0.4 is 20.2 Å². The number of nitrogens with one attached hydrogen (secondary N) is 2. The number of hydrogen-bond donors (Lipinski definition) is 2. The number of rotatable bonds is 10. The molecular formula is C25H22BrClFN3O4. The van der Waals surface area contributed by atoms with Gasteiger partial charge in [0.15, 0.2) is 11.5 Å². The van der Waals surface area contributed by atoms with Crippen LogP contribution >= 0.6 is 27.5 Å². The summed E-state index contributed by atoms with van der Waals surface area (Å²) in [4.78, 5) is 24.0. The number of amides is 2. The van der Waals surface area contributed by atoms with E-state index in [1.165, 1.54) is 31.5 Å². The lowest BCUT2D eigenvalue weighted by Gasteiger charge is -2.14. The van der Waals surface area contributed by atoms with E-state index in [2.05, 4.69) is 31.8 Å². The number of hydrogen-bond acceptors (Lipinski definition) is 5. The van der Waals surface area contributed by atoms with Crippen LogP contribution in [0.4, 0.5) is 4.39 Å². The molecule has 0 aliphatic rings. The first-order valence-corrected chi connectivity index (χ1v) is 11.6. The third-order valence-corrected chi connectivity index (χ3v) is 5.70. The standard InChI is InChI=1S/C25H22BrClFN3O4/c1-34-22-13-16(12-19(26)24(22)35-15-17-6-2-4-8-20(17)27)14-30-31-23(32)10-11-29-25(33)18-7-3-5-9-21(18)28/h2-9,12-14H,10-11,15H2,1H3,(H,29,33)(H,31,32). The summed E-state index contributed by atoms with van der Waals surface area (Å²) in [5.41, 5.74) is 3.78. The molecule has 3 aromatic carbocycles. The Morgan fingerprint density at radius 1 is 1.14 bits per heavy atom. The van der Waals surface area contributed by atoms with Crippen LogP contribution in [0.2, 0.25) is 5.02 Å². The van der Waals surface area contributed by atoms with Crippen LogP contribution in [0, 0.1) is 5.82 Å². The number of carbonyl (C=O) groups excluding carboxylic acids is 2. The third kappa shape index (κ3) is 7.53. The summed E-state index contributed by atoms with van der Waals surface area (Å²) in [6.07, 6.45) is 1.42. The number of hydrazone groups is 1. The molecular weight excluding hydrogens is 541 g/mol. The van der Waals surface area contributed by atoms with Gasteiger partial charge in [-0.05, 0) is 51.8 Å². The van der Waals surface area contributed by atoms with Crippen molar-refractivity contribution in [3.05, 3.63) is 92.7 Å². The molecule has 3 aromatic rings. The van der Waals surface area contributed by atoms with Crippen molar-refractivity contribution in [2.24, 2.45) is 5.10 Å². The molecule has 35 heavy (non-hydrogen) atoms. The van der Waals surface area contributed by atoms with E-state index in [4.69, 9.17) is 21.1 Å². The van der Waals surface area contributed by atoms with Crippen molar-refractivity contribution >= 4 is 45.6 Å². The van der Waals surface area contributed by atoms with Gasteiger partial charge < -0.3 is 14.8 Å². The van der Waals surface area contributed by atoms with Crippen LogP contribution in [0.25, 0.3) is 0 Å². The van der Waals surface area contributed by atoms with E-state index < -0.39 is 17.6 Å². The largest absolute Gasteiger partial charge is 0.493 e. The second-order valence-electron chi connectivity index (χ2n) is 7.19. The Morgan fingerprint density at radius 2 is 1.89 bits per heavy atom. The van der Waals surface area contributed by atoms with Gasteiger partial charge in [-0.2, -0.15) is 5.10 Å². The zero-order valence-electron chi connectivity index (χ0n) is 18.7. The lowest BCUT2D eigenvalue weighted by molar-refractivity contribution is -0.120. The molecule has 7 nitrogen and oxygen atoms in total. The van der Waals surface area contributed by atoms with Gasteiger partial charge in [0.25, 0.3) is 5.91 Å². The van der Waals surface area contributed by atoms with Crippen molar-refractivity contribution in [1.29, 1.82) is 0 Å². The second-order valence-corrected chi connectivity index (χ2v) is 8.45. The summed E-state index contributed by atoms with van der Waals surface area (Å²) in [7, 11) is 1.52. The smallest absolute Gasteiger partial charge is 0.254 e. The van der Waals surface area contributed by atoms with Crippen molar-refractivity contribution in [2.75, 3.05) is 13.7 Å². The van der Waals surface area contributed by atoms with E-state index in [9.17, 15) is 14.0 Å². The number of ether oxygens (including phenoxy) is 2. The lowest BCUT2D eigenvalue weighted by atomic mass is 10.2. The molecule has 0 fully saturated rings. The van der Waals surface area contributed by atoms with E-state index in [1.807, 2.05) is 18.2 Å². The number of benzene rings is 3.